The molecule has 0 aliphatic carbocycles. The van der Waals surface area contributed by atoms with Crippen LogP contribution in [0.2, 0.25) is 5.02 Å². The van der Waals surface area contributed by atoms with Gasteiger partial charge in [-0.3, -0.25) is 10.1 Å². The van der Waals surface area contributed by atoms with Crippen molar-refractivity contribution in [3.05, 3.63) is 51.9 Å². The van der Waals surface area contributed by atoms with Gasteiger partial charge in [-0.2, -0.15) is 0 Å². The first-order valence-corrected chi connectivity index (χ1v) is 9.51. The number of amides is 1. The van der Waals surface area contributed by atoms with E-state index in [1.165, 1.54) is 31.6 Å². The van der Waals surface area contributed by atoms with Crippen molar-refractivity contribution in [2.75, 3.05) is 26.6 Å². The maximum Gasteiger partial charge on any atom is 0.257 e. The summed E-state index contributed by atoms with van der Waals surface area (Å²) in [5.74, 6) is 1.20. The summed E-state index contributed by atoms with van der Waals surface area (Å²) < 4.78 is 15.6. The van der Waals surface area contributed by atoms with Gasteiger partial charge in [-0.05, 0) is 43.3 Å². The Bertz CT molecular complexity index is 1000. The standard InChI is InChI=1S/C20H19ClN2O4S/c1-11-17(12-5-7-14(25-2)8-6-12)22-20(28-11)23-19(24)13-9-15(21)18(27-4)16(10-13)26-3/h5-10H,1-4H3,(H,22,23,24). The van der Waals surface area contributed by atoms with Crippen LogP contribution in [0.4, 0.5) is 5.13 Å². The van der Waals surface area contributed by atoms with Crippen molar-refractivity contribution in [2.45, 2.75) is 6.92 Å². The minimum Gasteiger partial charge on any atom is -0.497 e. The number of carbonyl (C=O) groups is 1. The Balaban J connectivity index is 1.84. The lowest BCUT2D eigenvalue weighted by Crippen LogP contribution is -2.12. The van der Waals surface area contributed by atoms with Gasteiger partial charge in [0, 0.05) is 16.0 Å². The summed E-state index contributed by atoms with van der Waals surface area (Å²) in [7, 11) is 4.60. The number of thiazole rings is 1. The minimum absolute atomic E-state index is 0.293. The van der Waals surface area contributed by atoms with Crippen molar-refractivity contribution in [2.24, 2.45) is 0 Å². The lowest BCUT2D eigenvalue weighted by molar-refractivity contribution is 0.102. The number of aryl methyl sites for hydroxylation is 1. The number of aromatic nitrogens is 1. The van der Waals surface area contributed by atoms with E-state index in [9.17, 15) is 4.79 Å². The van der Waals surface area contributed by atoms with Gasteiger partial charge in [0.15, 0.2) is 16.6 Å². The second-order valence-electron chi connectivity index (χ2n) is 5.80. The molecule has 146 valence electrons. The molecule has 1 amide bonds. The van der Waals surface area contributed by atoms with E-state index in [2.05, 4.69) is 10.3 Å². The lowest BCUT2D eigenvalue weighted by atomic mass is 10.1. The van der Waals surface area contributed by atoms with Crippen molar-refractivity contribution < 1.29 is 19.0 Å². The summed E-state index contributed by atoms with van der Waals surface area (Å²) in [6, 6.07) is 10.7. The summed E-state index contributed by atoms with van der Waals surface area (Å²) in [5.41, 5.74) is 2.11. The maximum absolute atomic E-state index is 12.7. The number of anilines is 1. The highest BCUT2D eigenvalue weighted by Gasteiger charge is 2.17. The number of nitrogens with zero attached hydrogens (tertiary/aromatic N) is 1. The Labute approximate surface area is 172 Å². The number of halogens is 1. The Morgan fingerprint density at radius 3 is 2.39 bits per heavy atom. The van der Waals surface area contributed by atoms with Gasteiger partial charge in [-0.1, -0.05) is 11.6 Å². The normalized spacial score (nSPS) is 10.5. The van der Waals surface area contributed by atoms with Crippen molar-refractivity contribution in [3.8, 4) is 28.5 Å². The van der Waals surface area contributed by atoms with Crippen molar-refractivity contribution in [1.82, 2.24) is 4.98 Å². The number of carbonyl (C=O) groups excluding carboxylic acids is 1. The van der Waals surface area contributed by atoms with E-state index in [-0.39, 0.29) is 5.91 Å². The molecule has 0 aliphatic heterocycles. The zero-order valence-electron chi connectivity index (χ0n) is 15.8. The highest BCUT2D eigenvalue weighted by Crippen LogP contribution is 2.36. The summed E-state index contributed by atoms with van der Waals surface area (Å²) in [6.07, 6.45) is 0. The molecule has 0 aliphatic rings. The van der Waals surface area contributed by atoms with Crippen molar-refractivity contribution in [1.29, 1.82) is 0 Å². The molecule has 3 rings (SSSR count). The maximum atomic E-state index is 12.7. The highest BCUT2D eigenvalue weighted by molar-refractivity contribution is 7.16. The molecule has 0 saturated heterocycles. The van der Waals surface area contributed by atoms with Crippen LogP contribution >= 0.6 is 22.9 Å². The smallest absolute Gasteiger partial charge is 0.257 e. The lowest BCUT2D eigenvalue weighted by Gasteiger charge is -2.11. The van der Waals surface area contributed by atoms with Crippen LogP contribution in [0.1, 0.15) is 15.2 Å². The van der Waals surface area contributed by atoms with E-state index in [1.807, 2.05) is 31.2 Å². The molecule has 1 heterocycles. The van der Waals surface area contributed by atoms with Crippen LogP contribution in [-0.4, -0.2) is 32.2 Å². The molecule has 3 aromatic rings. The van der Waals surface area contributed by atoms with E-state index in [0.29, 0.717) is 27.2 Å². The summed E-state index contributed by atoms with van der Waals surface area (Å²) in [6.45, 7) is 1.96. The molecule has 1 N–H and O–H groups in total. The largest absolute Gasteiger partial charge is 0.497 e. The van der Waals surface area contributed by atoms with Gasteiger partial charge in [0.1, 0.15) is 5.75 Å². The fraction of sp³-hybridized carbons (Fsp3) is 0.200. The third-order valence-electron chi connectivity index (χ3n) is 4.08. The highest BCUT2D eigenvalue weighted by atomic mass is 35.5. The first-order valence-electron chi connectivity index (χ1n) is 8.31. The molecule has 8 heteroatoms. The van der Waals surface area contributed by atoms with Crippen LogP contribution in [-0.2, 0) is 0 Å². The topological polar surface area (TPSA) is 69.7 Å². The summed E-state index contributed by atoms with van der Waals surface area (Å²) >= 11 is 7.59. The predicted octanol–water partition coefficient (Wildman–Crippen LogP) is 5.05. The Hall–Kier alpha value is -2.77. The van der Waals surface area contributed by atoms with Crippen LogP contribution in [0, 0.1) is 6.92 Å². The van der Waals surface area contributed by atoms with E-state index in [1.54, 1.807) is 13.2 Å². The number of ether oxygens (including phenoxy) is 3. The van der Waals surface area contributed by atoms with E-state index in [4.69, 9.17) is 25.8 Å². The number of nitrogens with one attached hydrogen (secondary N) is 1. The number of rotatable bonds is 6. The fourth-order valence-corrected chi connectivity index (χ4v) is 3.80. The molecule has 28 heavy (non-hydrogen) atoms. The predicted molar refractivity (Wildman–Crippen MR) is 111 cm³/mol. The first kappa shape index (κ1) is 20.0. The quantitative estimate of drug-likeness (QED) is 0.606. The van der Waals surface area contributed by atoms with Gasteiger partial charge in [0.05, 0.1) is 32.0 Å². The molecule has 2 aromatic carbocycles. The molecule has 0 unspecified atom stereocenters. The van der Waals surface area contributed by atoms with E-state index in [0.717, 1.165) is 21.9 Å². The van der Waals surface area contributed by atoms with Gasteiger partial charge in [-0.25, -0.2) is 4.98 Å². The average Bonchev–Trinajstić information content (AvgIpc) is 3.07. The summed E-state index contributed by atoms with van der Waals surface area (Å²) in [4.78, 5) is 18.2. The summed E-state index contributed by atoms with van der Waals surface area (Å²) in [5, 5.41) is 3.61. The molecule has 0 spiro atoms. The van der Waals surface area contributed by atoms with Gasteiger partial charge >= 0.3 is 0 Å². The third kappa shape index (κ3) is 4.05. The van der Waals surface area contributed by atoms with Crippen molar-refractivity contribution >= 4 is 34.0 Å². The molecule has 1 aromatic heterocycles. The second-order valence-corrected chi connectivity index (χ2v) is 7.41. The monoisotopic (exact) mass is 418 g/mol. The molecular formula is C20H19ClN2O4S. The zero-order valence-corrected chi connectivity index (χ0v) is 17.4. The molecule has 0 bridgehead atoms. The van der Waals surface area contributed by atoms with E-state index < -0.39 is 0 Å². The molecule has 0 radical (unpaired) electrons. The van der Waals surface area contributed by atoms with E-state index >= 15 is 0 Å². The molecule has 6 nitrogen and oxygen atoms in total. The third-order valence-corrected chi connectivity index (χ3v) is 5.24. The number of methoxy groups -OCH3 is 3. The molecular weight excluding hydrogens is 400 g/mol. The fourth-order valence-electron chi connectivity index (χ4n) is 2.68. The number of benzene rings is 2. The van der Waals surface area contributed by atoms with Gasteiger partial charge in [-0.15, -0.1) is 11.3 Å². The Morgan fingerprint density at radius 2 is 1.79 bits per heavy atom. The molecule has 0 atom stereocenters. The average molecular weight is 419 g/mol. The SMILES string of the molecule is COc1ccc(-c2nc(NC(=O)c3cc(Cl)c(OC)c(OC)c3)sc2C)cc1. The second kappa shape index (κ2) is 8.50. The number of hydrogen-bond donors (Lipinski definition) is 1. The Kier molecular flexibility index (Phi) is 6.06. The van der Waals surface area contributed by atoms with Crippen LogP contribution < -0.4 is 19.5 Å². The van der Waals surface area contributed by atoms with Crippen molar-refractivity contribution in [3.63, 3.8) is 0 Å². The first-order chi connectivity index (χ1) is 13.5. The van der Waals surface area contributed by atoms with Crippen LogP contribution in [0.5, 0.6) is 17.2 Å². The van der Waals surface area contributed by atoms with Gasteiger partial charge in [0.25, 0.3) is 5.91 Å². The van der Waals surface area contributed by atoms with Gasteiger partial charge < -0.3 is 14.2 Å². The minimum atomic E-state index is -0.335. The molecule has 0 saturated carbocycles. The van der Waals surface area contributed by atoms with Crippen LogP contribution in [0.3, 0.4) is 0 Å². The zero-order chi connectivity index (χ0) is 20.3. The molecule has 0 fully saturated rings. The Morgan fingerprint density at radius 1 is 1.07 bits per heavy atom. The van der Waals surface area contributed by atoms with Crippen LogP contribution in [0.25, 0.3) is 11.3 Å². The van der Waals surface area contributed by atoms with Gasteiger partial charge in [0.2, 0.25) is 0 Å². The van der Waals surface area contributed by atoms with Crippen LogP contribution in [0.15, 0.2) is 36.4 Å². The number of hydrogen-bond acceptors (Lipinski definition) is 6.